The average molecular weight is 777 g/mol. The summed E-state index contributed by atoms with van der Waals surface area (Å²) in [6, 6.07) is 7.44. The van der Waals surface area contributed by atoms with Gasteiger partial charge >= 0.3 is 53.7 Å². The molecular weight excluding hydrogens is 747 g/mol. The number of hydrogen-bond donors (Lipinski definition) is 0. The first-order valence-corrected chi connectivity index (χ1v) is 14.8. The molecule has 0 unspecified atom stereocenters. The third-order valence-corrected chi connectivity index (χ3v) is 8.74. The summed E-state index contributed by atoms with van der Waals surface area (Å²) in [7, 11) is 0. The van der Waals surface area contributed by atoms with Gasteiger partial charge in [-0.25, -0.2) is 4.79 Å². The van der Waals surface area contributed by atoms with E-state index in [2.05, 4.69) is 0 Å². The molecule has 0 radical (unpaired) electrons. The van der Waals surface area contributed by atoms with Crippen LogP contribution in [0.25, 0.3) is 0 Å². The summed E-state index contributed by atoms with van der Waals surface area (Å²) in [5.41, 5.74) is -0.312. The normalized spacial score (nSPS) is 18.1. The Morgan fingerprint density at radius 2 is 1.08 bits per heavy atom. The van der Waals surface area contributed by atoms with Gasteiger partial charge in [-0.05, 0) is 50.7 Å². The second-order valence-electron chi connectivity index (χ2n) is 12.8. The lowest BCUT2D eigenvalue weighted by atomic mass is 9.87. The first-order valence-electron chi connectivity index (χ1n) is 14.8. The molecule has 5 nitrogen and oxygen atoms in total. The van der Waals surface area contributed by atoms with Crippen molar-refractivity contribution in [3.63, 3.8) is 0 Å². The number of halogens is 17. The molecule has 51 heavy (non-hydrogen) atoms. The zero-order valence-corrected chi connectivity index (χ0v) is 26.3. The smallest absolute Gasteiger partial charge is 0.443 e. The fraction of sp³-hybridized carbons (Fsp3) is 0.724. The number of rotatable bonds is 11. The van der Waals surface area contributed by atoms with Crippen LogP contribution in [0.3, 0.4) is 0 Å². The number of ether oxygens (including phenoxy) is 1. The van der Waals surface area contributed by atoms with E-state index >= 15 is 0 Å². The largest absolute Gasteiger partial charge is 0.460 e. The standard InChI is InChI=1S/C29H29F17N2O3/c1-21(2,51-20(50)47-12-8-17(9-13-47)19(49)48-14-7-16-5-3-4-6-18(16)15-48)10-11-22(30,31)23(32,33)24(34,35)25(36,37)26(38,39)27(40,41)28(42,43)29(44,45)46/h3-6,17H,7-15H2,1-2H3. The van der Waals surface area contributed by atoms with Gasteiger partial charge in [0.25, 0.3) is 0 Å². The van der Waals surface area contributed by atoms with Crippen molar-refractivity contribution < 1.29 is 89.0 Å². The first-order chi connectivity index (χ1) is 22.8. The van der Waals surface area contributed by atoms with Crippen LogP contribution in [0.1, 0.15) is 50.7 Å². The van der Waals surface area contributed by atoms with Crippen molar-refractivity contribution in [3.05, 3.63) is 35.4 Å². The molecule has 0 N–H and O–H groups in total. The second kappa shape index (κ2) is 13.3. The van der Waals surface area contributed by atoms with E-state index in [9.17, 15) is 84.2 Å². The fourth-order valence-electron chi connectivity index (χ4n) is 5.41. The monoisotopic (exact) mass is 776 g/mol. The number of nitrogens with zero attached hydrogens (tertiary/aromatic N) is 2. The Hall–Kier alpha value is -3.23. The summed E-state index contributed by atoms with van der Waals surface area (Å²) in [6.07, 6.45) is -12.7. The van der Waals surface area contributed by atoms with Gasteiger partial charge in [0, 0.05) is 38.5 Å². The Labute approximate surface area is 278 Å². The predicted molar refractivity (Wildman–Crippen MR) is 140 cm³/mol. The zero-order chi connectivity index (χ0) is 39.4. The summed E-state index contributed by atoms with van der Waals surface area (Å²) in [5.74, 6) is -57.7. The number of carbonyl (C=O) groups excluding carboxylic acids is 2. The average Bonchev–Trinajstić information content (AvgIpc) is 3.02. The summed E-state index contributed by atoms with van der Waals surface area (Å²) >= 11 is 0. The number of piperidine rings is 1. The maximum atomic E-state index is 14.4. The van der Waals surface area contributed by atoms with Gasteiger partial charge in [-0.1, -0.05) is 24.3 Å². The van der Waals surface area contributed by atoms with Gasteiger partial charge in [0.15, 0.2) is 0 Å². The number of hydrogen-bond acceptors (Lipinski definition) is 3. The highest BCUT2D eigenvalue weighted by Crippen LogP contribution is 2.64. The SMILES string of the molecule is CC(C)(CCC(F)(F)C(F)(F)C(F)(F)C(F)(F)C(F)(F)C(F)(F)C(F)(F)C(F)(F)F)OC(=O)N1CCC(C(=O)N2CCc3ccccc3C2)CC1. The molecule has 0 bridgehead atoms. The molecule has 0 aliphatic carbocycles. The fourth-order valence-corrected chi connectivity index (χ4v) is 5.41. The molecule has 0 aromatic heterocycles. The molecule has 2 amide bonds. The number of fused-ring (bicyclic) bond motifs is 1. The van der Waals surface area contributed by atoms with Gasteiger partial charge in [0.1, 0.15) is 5.60 Å². The van der Waals surface area contributed by atoms with Gasteiger partial charge in [-0.3, -0.25) is 4.79 Å². The molecule has 1 aromatic carbocycles. The third kappa shape index (κ3) is 7.24. The van der Waals surface area contributed by atoms with Crippen LogP contribution in [0, 0.1) is 5.92 Å². The molecular formula is C29H29F17N2O3. The lowest BCUT2D eigenvalue weighted by Gasteiger charge is -2.43. The molecule has 0 spiro atoms. The van der Waals surface area contributed by atoms with Gasteiger partial charge < -0.3 is 14.5 Å². The number of benzene rings is 1. The van der Waals surface area contributed by atoms with Crippen LogP contribution < -0.4 is 0 Å². The van der Waals surface area contributed by atoms with Gasteiger partial charge in [0.05, 0.1) is 0 Å². The number of amides is 2. The Bertz CT molecular complexity index is 1440. The maximum Gasteiger partial charge on any atom is 0.460 e. The second-order valence-corrected chi connectivity index (χ2v) is 12.8. The van der Waals surface area contributed by atoms with Crippen molar-refractivity contribution in [1.29, 1.82) is 0 Å². The molecule has 22 heteroatoms. The van der Waals surface area contributed by atoms with Gasteiger partial charge in [-0.2, -0.15) is 74.6 Å². The molecule has 3 rings (SSSR count). The first kappa shape index (κ1) is 42.2. The molecule has 292 valence electrons. The summed E-state index contributed by atoms with van der Waals surface area (Å²) in [6.45, 7) is 1.98. The maximum absolute atomic E-state index is 14.4. The predicted octanol–water partition coefficient (Wildman–Crippen LogP) is 8.99. The molecule has 2 aliphatic heterocycles. The molecule has 1 fully saturated rings. The minimum absolute atomic E-state index is 0.0959. The lowest BCUT2D eigenvalue weighted by Crippen LogP contribution is -2.74. The molecule has 2 heterocycles. The summed E-state index contributed by atoms with van der Waals surface area (Å²) in [5, 5.41) is 0. The Morgan fingerprint density at radius 1 is 0.627 bits per heavy atom. The van der Waals surface area contributed by atoms with Crippen LogP contribution >= 0.6 is 0 Å². The van der Waals surface area contributed by atoms with Crippen LogP contribution in [0.2, 0.25) is 0 Å². The molecule has 1 aromatic rings. The van der Waals surface area contributed by atoms with Crippen LogP contribution in [0.15, 0.2) is 24.3 Å². The van der Waals surface area contributed by atoms with E-state index in [4.69, 9.17) is 4.74 Å². The minimum Gasteiger partial charge on any atom is -0.443 e. The van der Waals surface area contributed by atoms with Crippen molar-refractivity contribution in [3.8, 4) is 0 Å². The van der Waals surface area contributed by atoms with E-state index in [0.717, 1.165) is 29.9 Å². The van der Waals surface area contributed by atoms with Crippen molar-refractivity contribution in [2.75, 3.05) is 19.6 Å². The molecule has 0 atom stereocenters. The van der Waals surface area contributed by atoms with Crippen LogP contribution in [-0.4, -0.2) is 94.7 Å². The quantitative estimate of drug-likeness (QED) is 0.211. The van der Waals surface area contributed by atoms with E-state index in [1.165, 1.54) is 0 Å². The van der Waals surface area contributed by atoms with Crippen molar-refractivity contribution in [2.24, 2.45) is 5.92 Å². The van der Waals surface area contributed by atoms with E-state index in [0.29, 0.717) is 19.5 Å². The molecule has 1 saturated heterocycles. The number of alkyl halides is 17. The van der Waals surface area contributed by atoms with E-state index in [1.807, 2.05) is 24.3 Å². The van der Waals surface area contributed by atoms with E-state index in [1.54, 1.807) is 4.90 Å². The Balaban J connectivity index is 1.65. The minimum atomic E-state index is -8.70. The highest BCUT2D eigenvalue weighted by molar-refractivity contribution is 5.79. The van der Waals surface area contributed by atoms with Gasteiger partial charge in [0.2, 0.25) is 5.91 Å². The van der Waals surface area contributed by atoms with Gasteiger partial charge in [-0.15, -0.1) is 0 Å². The lowest BCUT2D eigenvalue weighted by molar-refractivity contribution is -0.462. The van der Waals surface area contributed by atoms with Crippen molar-refractivity contribution in [1.82, 2.24) is 9.80 Å². The van der Waals surface area contributed by atoms with Crippen molar-refractivity contribution >= 4 is 12.0 Å². The summed E-state index contributed by atoms with van der Waals surface area (Å²) < 4.78 is 235. The van der Waals surface area contributed by atoms with Crippen LogP contribution in [-0.2, 0) is 22.5 Å². The topological polar surface area (TPSA) is 49.9 Å². The Kier molecular flexibility index (Phi) is 11.0. The number of likely N-dealkylation sites (tertiary alicyclic amines) is 1. The number of carbonyl (C=O) groups is 2. The van der Waals surface area contributed by atoms with Crippen LogP contribution in [0.4, 0.5) is 79.4 Å². The van der Waals surface area contributed by atoms with E-state index in [-0.39, 0.29) is 31.8 Å². The van der Waals surface area contributed by atoms with Crippen molar-refractivity contribution in [2.45, 2.75) is 106 Å². The highest BCUT2D eigenvalue weighted by atomic mass is 19.4. The van der Waals surface area contributed by atoms with Crippen LogP contribution in [0.5, 0.6) is 0 Å². The zero-order valence-electron chi connectivity index (χ0n) is 26.3. The van der Waals surface area contributed by atoms with E-state index < -0.39 is 78.1 Å². The third-order valence-electron chi connectivity index (χ3n) is 8.74. The summed E-state index contributed by atoms with van der Waals surface area (Å²) in [4.78, 5) is 28.3. The molecule has 2 aliphatic rings. The highest BCUT2D eigenvalue weighted by Gasteiger charge is 2.95. The molecule has 0 saturated carbocycles. The Morgan fingerprint density at radius 3 is 1.57 bits per heavy atom.